The van der Waals surface area contributed by atoms with E-state index in [2.05, 4.69) is 30.7 Å². The molecule has 0 unspecified atom stereocenters. The largest absolute Gasteiger partial charge is 0.0804 e. The summed E-state index contributed by atoms with van der Waals surface area (Å²) < 4.78 is 0. The number of hydrogen-bond acceptors (Lipinski definition) is 0. The Kier molecular flexibility index (Phi) is 0.498. The monoisotopic (exact) mass is 90.0 g/mol. The van der Waals surface area contributed by atoms with Crippen LogP contribution in [0.4, 0.5) is 0 Å². The van der Waals surface area contributed by atoms with Crippen molar-refractivity contribution in [2.75, 3.05) is 0 Å². The third-order valence-electron chi connectivity index (χ3n) is 1.44. The van der Waals surface area contributed by atoms with Crippen LogP contribution < -0.4 is 0 Å². The summed E-state index contributed by atoms with van der Waals surface area (Å²) in [6, 6.07) is 0. The first-order valence-corrected chi connectivity index (χ1v) is 2.58. The van der Waals surface area contributed by atoms with Crippen molar-refractivity contribution >= 4 is 0 Å². The van der Waals surface area contributed by atoms with Crippen LogP contribution in [0.1, 0.15) is 0 Å². The Bertz CT molecular complexity index is 103. The Balaban J connectivity index is 2.38. The summed E-state index contributed by atoms with van der Waals surface area (Å²) in [4.78, 5) is 0. The minimum absolute atomic E-state index is 0.560. The van der Waals surface area contributed by atoms with Gasteiger partial charge in [-0.15, -0.1) is 0 Å². The summed E-state index contributed by atoms with van der Waals surface area (Å²) in [5.41, 5.74) is 0. The molecule has 0 saturated heterocycles. The van der Waals surface area contributed by atoms with Crippen LogP contribution in [0.5, 0.6) is 0 Å². The second-order valence-corrected chi connectivity index (χ2v) is 1.99. The number of allylic oxidation sites excluding steroid dienone is 4. The molecule has 34 valence electrons. The second kappa shape index (κ2) is 1.00. The zero-order chi connectivity index (χ0) is 4.69. The van der Waals surface area contributed by atoms with Crippen LogP contribution in [0.25, 0.3) is 0 Å². The predicted molar refractivity (Wildman–Crippen MR) is 28.5 cm³/mol. The van der Waals surface area contributed by atoms with E-state index in [1.54, 1.807) is 0 Å². The van der Waals surface area contributed by atoms with Gasteiger partial charge in [0.05, 0.1) is 0 Å². The molecule has 2 radical (unpaired) electrons. The van der Waals surface area contributed by atoms with E-state index in [4.69, 9.17) is 0 Å². The molecule has 7 heavy (non-hydrogen) atoms. The Hall–Kier alpha value is -0.520. The quantitative estimate of drug-likeness (QED) is 0.395. The summed E-state index contributed by atoms with van der Waals surface area (Å²) in [5, 5.41) is 0. The highest BCUT2D eigenvalue weighted by atomic mass is 14.2. The molecule has 0 aromatic rings. The lowest BCUT2D eigenvalue weighted by atomic mass is 10.2. The average Bonchev–Trinajstić information content (AvgIpc) is 2.22. The Labute approximate surface area is 43.5 Å². The van der Waals surface area contributed by atoms with Crippen molar-refractivity contribution in [3.05, 3.63) is 30.7 Å². The van der Waals surface area contributed by atoms with Gasteiger partial charge >= 0.3 is 0 Å². The van der Waals surface area contributed by atoms with Gasteiger partial charge in [0.1, 0.15) is 0 Å². The fourth-order valence-corrected chi connectivity index (χ4v) is 1.05. The molecule has 0 aliphatic heterocycles. The van der Waals surface area contributed by atoms with Gasteiger partial charge in [-0.2, -0.15) is 0 Å². The molecule has 0 heteroatoms. The van der Waals surface area contributed by atoms with E-state index in [1.165, 1.54) is 0 Å². The maximum Gasteiger partial charge on any atom is 0.00572 e. The van der Waals surface area contributed by atoms with Crippen LogP contribution in [0.3, 0.4) is 0 Å². The van der Waals surface area contributed by atoms with Crippen molar-refractivity contribution in [1.29, 1.82) is 0 Å². The molecule has 2 aliphatic rings. The maximum atomic E-state index is 3.31. The molecule has 0 saturated carbocycles. The minimum Gasteiger partial charge on any atom is -0.0804 e. The highest BCUT2D eigenvalue weighted by Crippen LogP contribution is 2.30. The lowest BCUT2D eigenvalue weighted by molar-refractivity contribution is 0.950. The van der Waals surface area contributed by atoms with E-state index in [0.29, 0.717) is 11.8 Å². The second-order valence-electron chi connectivity index (χ2n) is 1.99. The molecule has 2 aliphatic carbocycles. The van der Waals surface area contributed by atoms with Crippen molar-refractivity contribution < 1.29 is 0 Å². The fraction of sp³-hybridized carbons (Fsp3) is 0.286. The Morgan fingerprint density at radius 2 is 1.29 bits per heavy atom. The lowest BCUT2D eigenvalue weighted by Crippen LogP contribution is -1.81. The first-order chi connectivity index (χ1) is 3.45. The maximum absolute atomic E-state index is 3.31. The van der Waals surface area contributed by atoms with Crippen LogP contribution >= 0.6 is 0 Å². The fourth-order valence-electron chi connectivity index (χ4n) is 1.05. The normalized spacial score (nSPS) is 43.4. The van der Waals surface area contributed by atoms with Gasteiger partial charge in [0.2, 0.25) is 0 Å². The molecule has 0 amide bonds. The molecule has 0 atom stereocenters. The molecule has 0 N–H and O–H groups in total. The van der Waals surface area contributed by atoms with Gasteiger partial charge in [-0.05, 0) is 0 Å². The van der Waals surface area contributed by atoms with Crippen LogP contribution in [0.15, 0.2) is 24.3 Å². The van der Waals surface area contributed by atoms with Gasteiger partial charge in [-0.1, -0.05) is 24.3 Å². The average molecular weight is 90.1 g/mol. The van der Waals surface area contributed by atoms with E-state index < -0.39 is 0 Å². The van der Waals surface area contributed by atoms with Crippen molar-refractivity contribution in [2.24, 2.45) is 11.8 Å². The van der Waals surface area contributed by atoms with E-state index in [-0.39, 0.29) is 0 Å². The molecule has 0 fully saturated rings. The zero-order valence-electron chi connectivity index (χ0n) is 3.96. The van der Waals surface area contributed by atoms with Crippen LogP contribution in [-0.4, -0.2) is 0 Å². The van der Waals surface area contributed by atoms with Crippen LogP contribution in [0, 0.1) is 18.3 Å². The molecule has 0 spiro atoms. The van der Waals surface area contributed by atoms with Crippen LogP contribution in [-0.2, 0) is 0 Å². The highest BCUT2D eigenvalue weighted by Gasteiger charge is 2.20. The predicted octanol–water partition coefficient (Wildman–Crippen LogP) is 1.44. The van der Waals surface area contributed by atoms with Crippen molar-refractivity contribution in [3.63, 3.8) is 0 Å². The Morgan fingerprint density at radius 1 is 0.857 bits per heavy atom. The molecular weight excluding hydrogens is 84.1 g/mol. The van der Waals surface area contributed by atoms with E-state index in [9.17, 15) is 0 Å². The summed E-state index contributed by atoms with van der Waals surface area (Å²) in [7, 11) is 0. The first kappa shape index (κ1) is 3.48. The zero-order valence-corrected chi connectivity index (χ0v) is 3.96. The van der Waals surface area contributed by atoms with Crippen molar-refractivity contribution in [1.82, 2.24) is 0 Å². The number of hydrogen-bond donors (Lipinski definition) is 0. The smallest absolute Gasteiger partial charge is 0.00572 e. The third-order valence-corrected chi connectivity index (χ3v) is 1.44. The van der Waals surface area contributed by atoms with E-state index in [1.807, 2.05) is 0 Å². The van der Waals surface area contributed by atoms with E-state index >= 15 is 0 Å². The third kappa shape index (κ3) is 0.365. The summed E-state index contributed by atoms with van der Waals surface area (Å²) in [6.45, 7) is 0. The summed E-state index contributed by atoms with van der Waals surface area (Å²) in [5.74, 6) is 1.12. The number of fused-ring (bicyclic) bond motifs is 2. The highest BCUT2D eigenvalue weighted by molar-refractivity contribution is 5.29. The molecule has 2 bridgehead atoms. The SMILES string of the molecule is [C]1C2C=CC1C=C2. The van der Waals surface area contributed by atoms with Crippen molar-refractivity contribution in [2.45, 2.75) is 0 Å². The Morgan fingerprint density at radius 3 is 1.43 bits per heavy atom. The molecular formula is C7H6. The summed E-state index contributed by atoms with van der Waals surface area (Å²) in [6.07, 6.45) is 12.0. The van der Waals surface area contributed by atoms with Gasteiger partial charge in [0, 0.05) is 18.3 Å². The number of rotatable bonds is 0. The molecule has 0 heterocycles. The summed E-state index contributed by atoms with van der Waals surface area (Å²) >= 11 is 0. The molecule has 0 aromatic carbocycles. The lowest BCUT2D eigenvalue weighted by Gasteiger charge is -1.87. The molecule has 0 aromatic heterocycles. The van der Waals surface area contributed by atoms with E-state index in [0.717, 1.165) is 0 Å². The molecule has 2 rings (SSSR count). The van der Waals surface area contributed by atoms with Gasteiger partial charge in [-0.25, -0.2) is 0 Å². The standard InChI is InChI=1S/C7H6/c1-2-7-4-3-6(1)5-7/h1-4,6-7H. The van der Waals surface area contributed by atoms with Crippen molar-refractivity contribution in [3.8, 4) is 0 Å². The van der Waals surface area contributed by atoms with Gasteiger partial charge in [0.15, 0.2) is 0 Å². The topological polar surface area (TPSA) is 0 Å². The minimum atomic E-state index is 0.560. The van der Waals surface area contributed by atoms with Crippen LogP contribution in [0.2, 0.25) is 0 Å². The van der Waals surface area contributed by atoms with Gasteiger partial charge < -0.3 is 0 Å². The van der Waals surface area contributed by atoms with Gasteiger partial charge in [-0.3, -0.25) is 0 Å². The molecule has 0 nitrogen and oxygen atoms in total. The first-order valence-electron chi connectivity index (χ1n) is 2.58. The van der Waals surface area contributed by atoms with Gasteiger partial charge in [0.25, 0.3) is 0 Å².